The van der Waals surface area contributed by atoms with Crippen molar-refractivity contribution in [3.05, 3.63) is 228 Å². The van der Waals surface area contributed by atoms with E-state index in [1.807, 2.05) is 97.1 Å². The quantitative estimate of drug-likeness (QED) is 0.0597. The molecule has 0 radical (unpaired) electrons. The van der Waals surface area contributed by atoms with E-state index in [1.54, 1.807) is 86.0 Å². The monoisotopic (exact) mass is 1060 g/mol. The van der Waals surface area contributed by atoms with Crippen LogP contribution in [0.5, 0.6) is 11.5 Å². The SMILES string of the molecule is COc1ccc(O[C@@H]2O[C@H](CO[Si](c3ccccc3)(c3ccccc3)C(C)(C)C)[C@H](O[C@H]3O[C@H](COCc4ccccc4)[C@H]4OCc5ccccc5CO[C@H]34)[C@H](OC(=O)c3ccccc3)[C@H]2OC(=O)c2ccccc2)cc1. The number of carbonyl (C=O) groups is 2. The second-order valence-corrected chi connectivity index (χ2v) is 24.6. The van der Waals surface area contributed by atoms with Crippen molar-refractivity contribution >= 4 is 30.6 Å². The zero-order valence-electron chi connectivity index (χ0n) is 43.6. The van der Waals surface area contributed by atoms with E-state index in [2.05, 4.69) is 45.0 Å². The van der Waals surface area contributed by atoms with E-state index in [-0.39, 0.29) is 37.6 Å². The summed E-state index contributed by atoms with van der Waals surface area (Å²) in [6.07, 6.45) is -10.1. The minimum atomic E-state index is -3.31. The third kappa shape index (κ3) is 12.3. The number of ether oxygens (including phenoxy) is 10. The number of hydrogen-bond donors (Lipinski definition) is 0. The highest BCUT2D eigenvalue weighted by Crippen LogP contribution is 2.41. The van der Waals surface area contributed by atoms with Gasteiger partial charge >= 0.3 is 11.9 Å². The van der Waals surface area contributed by atoms with Gasteiger partial charge in [0, 0.05) is 0 Å². The van der Waals surface area contributed by atoms with Crippen LogP contribution in [-0.2, 0) is 62.1 Å². The van der Waals surface area contributed by atoms with Gasteiger partial charge in [-0.05, 0) is 80.6 Å². The molecule has 0 N–H and O–H groups in total. The molecule has 77 heavy (non-hydrogen) atoms. The van der Waals surface area contributed by atoms with E-state index < -0.39 is 80.6 Å². The van der Waals surface area contributed by atoms with Gasteiger partial charge in [0.25, 0.3) is 8.32 Å². The van der Waals surface area contributed by atoms with Crippen LogP contribution in [0, 0.1) is 0 Å². The third-order valence-corrected chi connectivity index (χ3v) is 19.2. The van der Waals surface area contributed by atoms with Gasteiger partial charge < -0.3 is 51.8 Å². The topological polar surface area (TPSA) is 136 Å². The third-order valence-electron chi connectivity index (χ3n) is 14.2. The van der Waals surface area contributed by atoms with Crippen molar-refractivity contribution in [1.82, 2.24) is 0 Å². The highest BCUT2D eigenvalue weighted by Gasteiger charge is 2.58. The molecule has 7 aromatic rings. The summed E-state index contributed by atoms with van der Waals surface area (Å²) in [6, 6.07) is 62.4. The van der Waals surface area contributed by atoms with E-state index in [0.717, 1.165) is 27.1 Å². The molecule has 0 unspecified atom stereocenters. The molecule has 0 bridgehead atoms. The molecular weight excluding hydrogens is 993 g/mol. The van der Waals surface area contributed by atoms with Crippen LogP contribution in [0.3, 0.4) is 0 Å². The lowest BCUT2D eigenvalue weighted by Gasteiger charge is -2.48. The summed E-state index contributed by atoms with van der Waals surface area (Å²) in [5.41, 5.74) is 3.43. The predicted octanol–water partition coefficient (Wildman–Crippen LogP) is 9.64. The minimum absolute atomic E-state index is 0.117. The zero-order valence-corrected chi connectivity index (χ0v) is 44.6. The second-order valence-electron chi connectivity index (χ2n) is 20.2. The number of fused-ring (bicyclic) bond motifs is 2. The molecule has 10 rings (SSSR count). The fourth-order valence-electron chi connectivity index (χ4n) is 10.4. The van der Waals surface area contributed by atoms with Gasteiger partial charge in [-0.3, -0.25) is 0 Å². The maximum atomic E-state index is 14.7. The van der Waals surface area contributed by atoms with Crippen LogP contribution in [0.1, 0.15) is 58.2 Å². The summed E-state index contributed by atoms with van der Waals surface area (Å²) >= 11 is 0. The first-order valence-electron chi connectivity index (χ1n) is 26.0. The first-order chi connectivity index (χ1) is 37.6. The summed E-state index contributed by atoms with van der Waals surface area (Å²) in [7, 11) is -1.74. The van der Waals surface area contributed by atoms with Crippen molar-refractivity contribution in [1.29, 1.82) is 0 Å². The summed E-state index contributed by atoms with van der Waals surface area (Å²) < 4.78 is 74.5. The smallest absolute Gasteiger partial charge is 0.338 e. The van der Waals surface area contributed by atoms with Crippen molar-refractivity contribution in [2.45, 2.75) is 101 Å². The number of methoxy groups -OCH3 is 1. The average Bonchev–Trinajstić information content (AvgIpc) is 3.78. The van der Waals surface area contributed by atoms with Crippen molar-refractivity contribution in [3.63, 3.8) is 0 Å². The molecule has 0 aromatic heterocycles. The number of hydrogen-bond acceptors (Lipinski definition) is 13. The maximum absolute atomic E-state index is 14.7. The van der Waals surface area contributed by atoms with Crippen LogP contribution >= 0.6 is 0 Å². The highest BCUT2D eigenvalue weighted by atomic mass is 28.4. The van der Waals surface area contributed by atoms with Crippen molar-refractivity contribution in [2.75, 3.05) is 20.3 Å². The lowest BCUT2D eigenvalue weighted by atomic mass is 9.97. The average molecular weight is 1060 g/mol. The Morgan fingerprint density at radius 3 is 1.55 bits per heavy atom. The minimum Gasteiger partial charge on any atom is -0.497 e. The van der Waals surface area contributed by atoms with E-state index in [1.165, 1.54) is 0 Å². The Morgan fingerprint density at radius 1 is 0.519 bits per heavy atom. The standard InChI is InChI=1S/C63H64O13Si/c1-63(2,3)77(50-30-16-8-17-31-50,51-32-18-9-19-33-51)70-42-53-55(76-61-57-54(68-39-46-28-20-21-29-47(46)40-69-57)52(72-61)41-67-38-43-22-10-5-11-23-43)56(74-59(64)44-24-12-6-13-25-44)58(75-60(65)45-26-14-7-15-27-45)62(73-53)71-49-36-34-48(66-4)35-37-49/h5-37,52-58,61-62H,38-42H2,1-4H3/t52-,53-,54-,55+,56+,57+,58-,61-,62-/m1/s1. The molecule has 3 aliphatic rings. The Labute approximate surface area is 450 Å². The Hall–Kier alpha value is -6.98. The summed E-state index contributed by atoms with van der Waals surface area (Å²) in [4.78, 5) is 29.2. The van der Waals surface area contributed by atoms with Gasteiger partial charge in [-0.15, -0.1) is 0 Å². The zero-order chi connectivity index (χ0) is 53.2. The molecule has 2 fully saturated rings. The molecular formula is C63H64O13Si. The van der Waals surface area contributed by atoms with Gasteiger partial charge in [0.1, 0.15) is 42.0 Å². The first kappa shape index (κ1) is 53.4. The molecule has 14 heteroatoms. The van der Waals surface area contributed by atoms with Crippen LogP contribution in [0.4, 0.5) is 0 Å². The Kier molecular flexibility index (Phi) is 17.0. The number of benzene rings is 7. The highest BCUT2D eigenvalue weighted by molar-refractivity contribution is 6.99. The maximum Gasteiger partial charge on any atom is 0.338 e. The molecule has 7 aromatic carbocycles. The Morgan fingerprint density at radius 2 is 1.00 bits per heavy atom. The van der Waals surface area contributed by atoms with E-state index in [0.29, 0.717) is 18.1 Å². The van der Waals surface area contributed by atoms with E-state index in [4.69, 9.17) is 51.8 Å². The largest absolute Gasteiger partial charge is 0.497 e. The lowest BCUT2D eigenvalue weighted by molar-refractivity contribution is -0.314. The van der Waals surface area contributed by atoms with Gasteiger partial charge in [0.15, 0.2) is 12.4 Å². The molecule has 3 aliphatic heterocycles. The van der Waals surface area contributed by atoms with Gasteiger partial charge in [0.2, 0.25) is 12.4 Å². The summed E-state index contributed by atoms with van der Waals surface area (Å²) in [5, 5.41) is 1.60. The Balaban J connectivity index is 1.09. The van der Waals surface area contributed by atoms with Crippen LogP contribution in [0.2, 0.25) is 5.04 Å². The molecule has 13 nitrogen and oxygen atoms in total. The molecule has 398 valence electrons. The lowest BCUT2D eigenvalue weighted by Crippen LogP contribution is -2.69. The fourth-order valence-corrected chi connectivity index (χ4v) is 14.9. The predicted molar refractivity (Wildman–Crippen MR) is 290 cm³/mol. The molecule has 2 saturated heterocycles. The molecule has 3 heterocycles. The van der Waals surface area contributed by atoms with Gasteiger partial charge in [-0.1, -0.05) is 172 Å². The Bertz CT molecular complexity index is 2940. The molecule has 0 spiro atoms. The van der Waals surface area contributed by atoms with Crippen LogP contribution < -0.4 is 19.8 Å². The van der Waals surface area contributed by atoms with Crippen molar-refractivity contribution in [3.8, 4) is 11.5 Å². The van der Waals surface area contributed by atoms with Gasteiger partial charge in [-0.25, -0.2) is 9.59 Å². The van der Waals surface area contributed by atoms with E-state index >= 15 is 0 Å². The van der Waals surface area contributed by atoms with E-state index in [9.17, 15) is 9.59 Å². The fraction of sp³-hybridized carbons (Fsp3) is 0.302. The second kappa shape index (κ2) is 24.6. The van der Waals surface area contributed by atoms with Crippen molar-refractivity contribution < 1.29 is 61.4 Å². The normalized spacial score (nSPS) is 23.3. The van der Waals surface area contributed by atoms with Crippen LogP contribution in [0.25, 0.3) is 0 Å². The molecule has 9 atom stereocenters. The van der Waals surface area contributed by atoms with Gasteiger partial charge in [-0.2, -0.15) is 0 Å². The van der Waals surface area contributed by atoms with Crippen molar-refractivity contribution in [2.24, 2.45) is 0 Å². The first-order valence-corrected chi connectivity index (χ1v) is 27.9. The molecule has 0 saturated carbocycles. The summed E-state index contributed by atoms with van der Waals surface area (Å²) in [5.74, 6) is -0.471. The van der Waals surface area contributed by atoms with Gasteiger partial charge in [0.05, 0.1) is 51.3 Å². The number of carbonyl (C=O) groups excluding carboxylic acids is 2. The number of esters is 2. The van der Waals surface area contributed by atoms with Crippen LogP contribution in [0.15, 0.2) is 200 Å². The number of rotatable bonds is 18. The summed E-state index contributed by atoms with van der Waals surface area (Å²) in [6.45, 7) is 7.41. The van der Waals surface area contributed by atoms with Crippen LogP contribution in [-0.4, -0.2) is 95.9 Å². The molecule has 0 amide bonds. The molecule has 0 aliphatic carbocycles.